The van der Waals surface area contributed by atoms with Crippen LogP contribution in [0.4, 0.5) is 5.69 Å². The SMILES string of the molecule is CC(=O)Nc1ccc(-n2nnnc2SCC(=O)N2CCN(C(=O)c3ccco3)CC2)cc1. The number of thioether (sulfide) groups is 1. The van der Waals surface area contributed by atoms with Crippen molar-refractivity contribution >= 4 is 35.2 Å². The van der Waals surface area contributed by atoms with E-state index in [9.17, 15) is 14.4 Å². The van der Waals surface area contributed by atoms with Gasteiger partial charge in [0.15, 0.2) is 5.76 Å². The van der Waals surface area contributed by atoms with Crippen molar-refractivity contribution in [3.05, 3.63) is 48.4 Å². The first-order valence-electron chi connectivity index (χ1n) is 9.91. The summed E-state index contributed by atoms with van der Waals surface area (Å²) >= 11 is 1.24. The Kier molecular flexibility index (Phi) is 6.50. The summed E-state index contributed by atoms with van der Waals surface area (Å²) in [7, 11) is 0. The molecule has 1 saturated heterocycles. The Labute approximate surface area is 187 Å². The van der Waals surface area contributed by atoms with Crippen LogP contribution in [0.1, 0.15) is 17.5 Å². The number of nitrogens with one attached hydrogen (secondary N) is 1. The Balaban J connectivity index is 1.30. The van der Waals surface area contributed by atoms with Gasteiger partial charge in [-0.2, -0.15) is 4.68 Å². The fourth-order valence-electron chi connectivity index (χ4n) is 3.25. The monoisotopic (exact) mass is 455 g/mol. The van der Waals surface area contributed by atoms with Crippen LogP contribution in [-0.2, 0) is 9.59 Å². The number of nitrogens with zero attached hydrogens (tertiary/aromatic N) is 6. The van der Waals surface area contributed by atoms with Gasteiger partial charge in [-0.1, -0.05) is 11.8 Å². The maximum Gasteiger partial charge on any atom is 0.289 e. The highest BCUT2D eigenvalue weighted by molar-refractivity contribution is 7.99. The molecule has 2 aromatic heterocycles. The lowest BCUT2D eigenvalue weighted by Crippen LogP contribution is -2.51. The molecule has 0 atom stereocenters. The standard InChI is InChI=1S/C20H21N7O4S/c1-14(28)21-15-4-6-16(7-5-15)27-20(22-23-24-27)32-13-18(29)25-8-10-26(11-9-25)19(30)17-3-2-12-31-17/h2-7,12H,8-11,13H2,1H3,(H,21,28). The van der Waals surface area contributed by atoms with Crippen LogP contribution in [0.3, 0.4) is 0 Å². The largest absolute Gasteiger partial charge is 0.459 e. The molecular weight excluding hydrogens is 434 g/mol. The molecule has 0 aliphatic carbocycles. The molecule has 3 aromatic rings. The van der Waals surface area contributed by atoms with Crippen molar-refractivity contribution < 1.29 is 18.8 Å². The lowest BCUT2D eigenvalue weighted by molar-refractivity contribution is -0.129. The first-order chi connectivity index (χ1) is 15.5. The van der Waals surface area contributed by atoms with Crippen molar-refractivity contribution in [3.63, 3.8) is 0 Å². The van der Waals surface area contributed by atoms with Crippen molar-refractivity contribution in [2.75, 3.05) is 37.2 Å². The van der Waals surface area contributed by atoms with Crippen molar-refractivity contribution in [2.45, 2.75) is 12.1 Å². The highest BCUT2D eigenvalue weighted by Gasteiger charge is 2.26. The van der Waals surface area contributed by atoms with Crippen LogP contribution in [0.5, 0.6) is 0 Å². The third-order valence-electron chi connectivity index (χ3n) is 4.85. The molecule has 3 heterocycles. The van der Waals surface area contributed by atoms with E-state index in [1.165, 1.54) is 29.6 Å². The van der Waals surface area contributed by atoms with Crippen LogP contribution in [0.2, 0.25) is 0 Å². The summed E-state index contributed by atoms with van der Waals surface area (Å²) in [6, 6.07) is 10.4. The van der Waals surface area contributed by atoms with Crippen LogP contribution in [-0.4, -0.2) is 79.7 Å². The predicted molar refractivity (Wildman–Crippen MR) is 115 cm³/mol. The predicted octanol–water partition coefficient (Wildman–Crippen LogP) is 1.29. The van der Waals surface area contributed by atoms with Gasteiger partial charge in [0.2, 0.25) is 17.0 Å². The van der Waals surface area contributed by atoms with Gasteiger partial charge in [-0.05, 0) is 46.8 Å². The summed E-state index contributed by atoms with van der Waals surface area (Å²) in [6.07, 6.45) is 1.47. The summed E-state index contributed by atoms with van der Waals surface area (Å²) in [5.74, 6) is 0.116. The molecule has 1 N–H and O–H groups in total. The van der Waals surface area contributed by atoms with Gasteiger partial charge >= 0.3 is 0 Å². The van der Waals surface area contributed by atoms with Gasteiger partial charge in [0.1, 0.15) is 0 Å². The molecule has 12 heteroatoms. The zero-order chi connectivity index (χ0) is 22.5. The number of carbonyl (C=O) groups excluding carboxylic acids is 3. The number of rotatable bonds is 6. The number of tetrazole rings is 1. The second-order valence-electron chi connectivity index (χ2n) is 7.04. The summed E-state index contributed by atoms with van der Waals surface area (Å²) in [5, 5.41) is 14.9. The third kappa shape index (κ3) is 4.97. The van der Waals surface area contributed by atoms with E-state index in [-0.39, 0.29) is 23.5 Å². The minimum Gasteiger partial charge on any atom is -0.459 e. The minimum absolute atomic E-state index is 0.0457. The summed E-state index contributed by atoms with van der Waals surface area (Å²) < 4.78 is 6.70. The highest BCUT2D eigenvalue weighted by atomic mass is 32.2. The van der Waals surface area contributed by atoms with Crippen molar-refractivity contribution in [3.8, 4) is 5.69 Å². The Morgan fingerprint density at radius 2 is 1.78 bits per heavy atom. The third-order valence-corrected chi connectivity index (χ3v) is 5.75. The first kappa shape index (κ1) is 21.6. The second kappa shape index (κ2) is 9.64. The van der Waals surface area contributed by atoms with E-state index < -0.39 is 0 Å². The number of furan rings is 1. The number of amides is 3. The number of aromatic nitrogens is 4. The molecule has 1 fully saturated rings. The van der Waals surface area contributed by atoms with Gasteiger partial charge in [-0.15, -0.1) is 5.10 Å². The quantitative estimate of drug-likeness (QED) is 0.551. The molecule has 0 radical (unpaired) electrons. The average molecular weight is 456 g/mol. The molecule has 11 nitrogen and oxygen atoms in total. The molecule has 3 amide bonds. The van der Waals surface area contributed by atoms with E-state index in [0.29, 0.717) is 48.5 Å². The van der Waals surface area contributed by atoms with E-state index in [2.05, 4.69) is 20.8 Å². The molecule has 0 spiro atoms. The van der Waals surface area contributed by atoms with E-state index in [0.717, 1.165) is 0 Å². The zero-order valence-electron chi connectivity index (χ0n) is 17.3. The number of benzene rings is 1. The van der Waals surface area contributed by atoms with E-state index >= 15 is 0 Å². The van der Waals surface area contributed by atoms with Crippen molar-refractivity contribution in [2.24, 2.45) is 0 Å². The van der Waals surface area contributed by atoms with Gasteiger partial charge in [-0.25, -0.2) is 0 Å². The topological polar surface area (TPSA) is 126 Å². The fourth-order valence-corrected chi connectivity index (χ4v) is 4.05. The second-order valence-corrected chi connectivity index (χ2v) is 7.98. The molecule has 0 saturated carbocycles. The maximum atomic E-state index is 12.7. The van der Waals surface area contributed by atoms with E-state index in [4.69, 9.17) is 4.42 Å². The molecule has 1 aromatic carbocycles. The molecule has 1 aliphatic heterocycles. The van der Waals surface area contributed by atoms with Crippen LogP contribution in [0, 0.1) is 0 Å². The molecule has 4 rings (SSSR count). The molecule has 0 unspecified atom stereocenters. The van der Waals surface area contributed by atoms with Gasteiger partial charge < -0.3 is 19.5 Å². The molecular formula is C20H21N7O4S. The highest BCUT2D eigenvalue weighted by Crippen LogP contribution is 2.20. The molecule has 32 heavy (non-hydrogen) atoms. The van der Waals surface area contributed by atoms with E-state index in [1.807, 2.05) is 0 Å². The van der Waals surface area contributed by atoms with Gasteiger partial charge in [0, 0.05) is 38.8 Å². The number of carbonyl (C=O) groups is 3. The summed E-state index contributed by atoms with van der Waals surface area (Å²) in [6.45, 7) is 3.27. The van der Waals surface area contributed by atoms with Crippen LogP contribution in [0.15, 0.2) is 52.2 Å². The first-order valence-corrected chi connectivity index (χ1v) is 10.9. The van der Waals surface area contributed by atoms with E-state index in [1.54, 1.807) is 46.2 Å². The normalized spacial score (nSPS) is 13.8. The molecule has 1 aliphatic rings. The lowest BCUT2D eigenvalue weighted by atomic mass is 10.3. The summed E-state index contributed by atoms with van der Waals surface area (Å²) in [5.41, 5.74) is 1.38. The van der Waals surface area contributed by atoms with Crippen molar-refractivity contribution in [1.82, 2.24) is 30.0 Å². The van der Waals surface area contributed by atoms with Crippen LogP contribution < -0.4 is 5.32 Å². The smallest absolute Gasteiger partial charge is 0.289 e. The number of piperazine rings is 1. The minimum atomic E-state index is -0.167. The summed E-state index contributed by atoms with van der Waals surface area (Å²) in [4.78, 5) is 39.6. The van der Waals surface area contributed by atoms with Crippen LogP contribution >= 0.6 is 11.8 Å². The lowest BCUT2D eigenvalue weighted by Gasteiger charge is -2.34. The number of anilines is 1. The Hall–Kier alpha value is -3.67. The fraction of sp³-hybridized carbons (Fsp3) is 0.300. The van der Waals surface area contributed by atoms with Gasteiger partial charge in [0.05, 0.1) is 17.7 Å². The Morgan fingerprint density at radius 1 is 1.06 bits per heavy atom. The molecule has 166 valence electrons. The maximum absolute atomic E-state index is 12.7. The Morgan fingerprint density at radius 3 is 2.44 bits per heavy atom. The van der Waals surface area contributed by atoms with Crippen molar-refractivity contribution in [1.29, 1.82) is 0 Å². The average Bonchev–Trinajstić information content (AvgIpc) is 3.49. The number of hydrogen-bond donors (Lipinski definition) is 1. The zero-order valence-corrected chi connectivity index (χ0v) is 18.1. The molecule has 0 bridgehead atoms. The van der Waals surface area contributed by atoms with Crippen LogP contribution in [0.25, 0.3) is 5.69 Å². The van der Waals surface area contributed by atoms with Gasteiger partial charge in [0.25, 0.3) is 5.91 Å². The Bertz CT molecular complexity index is 1090. The number of hydrogen-bond acceptors (Lipinski definition) is 8. The van der Waals surface area contributed by atoms with Gasteiger partial charge in [-0.3, -0.25) is 14.4 Å².